The lowest BCUT2D eigenvalue weighted by atomic mass is 9.66. The number of fused-ring (bicyclic) bond motifs is 1. The van der Waals surface area contributed by atoms with Gasteiger partial charge in [0.25, 0.3) is 0 Å². The fourth-order valence-electron chi connectivity index (χ4n) is 6.98. The molecule has 2 saturated heterocycles. The highest BCUT2D eigenvalue weighted by molar-refractivity contribution is 5.80. The molecular formula is C25H44N4O2. The number of nitrogens with one attached hydrogen (secondary N) is 2. The van der Waals surface area contributed by atoms with E-state index in [1.165, 1.54) is 19.3 Å². The van der Waals surface area contributed by atoms with E-state index in [0.717, 1.165) is 51.5 Å². The van der Waals surface area contributed by atoms with Crippen molar-refractivity contribution in [2.24, 2.45) is 29.6 Å². The van der Waals surface area contributed by atoms with Crippen molar-refractivity contribution in [1.82, 2.24) is 20.4 Å². The summed E-state index contributed by atoms with van der Waals surface area (Å²) in [7, 11) is 6.24. The summed E-state index contributed by atoms with van der Waals surface area (Å²) >= 11 is 0. The van der Waals surface area contributed by atoms with Crippen LogP contribution in [0.3, 0.4) is 0 Å². The molecule has 7 atom stereocenters. The molecule has 2 saturated carbocycles. The molecule has 6 nitrogen and oxygen atoms in total. The van der Waals surface area contributed by atoms with Crippen molar-refractivity contribution in [3.05, 3.63) is 0 Å². The van der Waals surface area contributed by atoms with Crippen LogP contribution in [0.4, 0.5) is 0 Å². The highest BCUT2D eigenvalue weighted by Gasteiger charge is 2.47. The van der Waals surface area contributed by atoms with Gasteiger partial charge in [0.05, 0.1) is 6.17 Å². The Bertz CT molecular complexity index is 647. The normalized spacial score (nSPS) is 40.0. The molecule has 0 aromatic heterocycles. The second-order valence-corrected chi connectivity index (χ2v) is 11.2. The first-order valence-electron chi connectivity index (χ1n) is 12.8. The minimum absolute atomic E-state index is 0.105. The summed E-state index contributed by atoms with van der Waals surface area (Å²) in [6.07, 6.45) is 11.3. The van der Waals surface area contributed by atoms with Gasteiger partial charge in [-0.25, -0.2) is 0 Å². The monoisotopic (exact) mass is 432 g/mol. The van der Waals surface area contributed by atoms with Crippen molar-refractivity contribution >= 4 is 11.8 Å². The predicted molar refractivity (Wildman–Crippen MR) is 123 cm³/mol. The van der Waals surface area contributed by atoms with Crippen LogP contribution in [0.25, 0.3) is 0 Å². The van der Waals surface area contributed by atoms with Crippen molar-refractivity contribution in [3.63, 3.8) is 0 Å². The van der Waals surface area contributed by atoms with Crippen LogP contribution in [0.15, 0.2) is 0 Å². The van der Waals surface area contributed by atoms with E-state index >= 15 is 0 Å². The molecule has 6 heteroatoms. The maximum absolute atomic E-state index is 13.5. The van der Waals surface area contributed by atoms with Gasteiger partial charge in [0.2, 0.25) is 11.8 Å². The number of piperidine rings is 2. The summed E-state index contributed by atoms with van der Waals surface area (Å²) in [4.78, 5) is 30.6. The quantitative estimate of drug-likeness (QED) is 0.717. The summed E-state index contributed by atoms with van der Waals surface area (Å²) in [5, 5.41) is 7.09. The lowest BCUT2D eigenvalue weighted by Gasteiger charge is -2.51. The Morgan fingerprint density at radius 3 is 2.52 bits per heavy atom. The van der Waals surface area contributed by atoms with E-state index in [4.69, 9.17) is 0 Å². The van der Waals surface area contributed by atoms with Crippen LogP contribution in [0.1, 0.15) is 71.1 Å². The van der Waals surface area contributed by atoms with E-state index in [1.54, 1.807) is 0 Å². The summed E-state index contributed by atoms with van der Waals surface area (Å²) in [6, 6.07) is 0.590. The molecule has 0 bridgehead atoms. The zero-order valence-corrected chi connectivity index (χ0v) is 20.1. The highest BCUT2D eigenvalue weighted by atomic mass is 16.2. The van der Waals surface area contributed by atoms with Crippen molar-refractivity contribution < 1.29 is 9.59 Å². The SMILES string of the molecule is CC1CCC(NC(=O)C2CCCCC2)CC1C1CC2CNC(N(C)C)CC2N(C)C1=O. The van der Waals surface area contributed by atoms with Gasteiger partial charge in [-0.15, -0.1) is 0 Å². The zero-order valence-electron chi connectivity index (χ0n) is 20.1. The molecule has 4 aliphatic rings. The van der Waals surface area contributed by atoms with E-state index in [9.17, 15) is 9.59 Å². The van der Waals surface area contributed by atoms with Gasteiger partial charge in [-0.1, -0.05) is 26.2 Å². The van der Waals surface area contributed by atoms with Crippen molar-refractivity contribution in [2.75, 3.05) is 27.7 Å². The molecule has 2 aliphatic heterocycles. The summed E-state index contributed by atoms with van der Waals surface area (Å²) in [6.45, 7) is 3.31. The van der Waals surface area contributed by atoms with Gasteiger partial charge in [-0.3, -0.25) is 14.5 Å². The fourth-order valence-corrected chi connectivity index (χ4v) is 6.98. The molecule has 0 aromatic carbocycles. The summed E-state index contributed by atoms with van der Waals surface area (Å²) < 4.78 is 0. The number of likely N-dealkylation sites (tertiary alicyclic amines) is 1. The van der Waals surface area contributed by atoms with Crippen LogP contribution < -0.4 is 10.6 Å². The summed E-state index contributed by atoms with van der Waals surface area (Å²) in [5.41, 5.74) is 0. The first-order chi connectivity index (χ1) is 14.8. The van der Waals surface area contributed by atoms with E-state index < -0.39 is 0 Å². The van der Waals surface area contributed by atoms with Crippen LogP contribution in [0, 0.1) is 29.6 Å². The maximum Gasteiger partial charge on any atom is 0.225 e. The average Bonchev–Trinajstić information content (AvgIpc) is 2.78. The second kappa shape index (κ2) is 9.78. The van der Waals surface area contributed by atoms with Gasteiger partial charge in [0.15, 0.2) is 0 Å². The Balaban J connectivity index is 1.39. The van der Waals surface area contributed by atoms with E-state index in [0.29, 0.717) is 35.9 Å². The second-order valence-electron chi connectivity index (χ2n) is 11.2. The average molecular weight is 433 g/mol. The Labute approximate surface area is 188 Å². The fraction of sp³-hybridized carbons (Fsp3) is 0.920. The van der Waals surface area contributed by atoms with Gasteiger partial charge in [0.1, 0.15) is 0 Å². The highest BCUT2D eigenvalue weighted by Crippen LogP contribution is 2.43. The van der Waals surface area contributed by atoms with Gasteiger partial charge in [0, 0.05) is 37.5 Å². The number of hydrogen-bond acceptors (Lipinski definition) is 4. The minimum atomic E-state index is 0.105. The smallest absolute Gasteiger partial charge is 0.225 e. The topological polar surface area (TPSA) is 64.7 Å². The van der Waals surface area contributed by atoms with Crippen molar-refractivity contribution in [3.8, 4) is 0 Å². The number of nitrogens with zero attached hydrogens (tertiary/aromatic N) is 2. The van der Waals surface area contributed by atoms with Crippen LogP contribution in [-0.2, 0) is 9.59 Å². The number of hydrogen-bond donors (Lipinski definition) is 2. The maximum atomic E-state index is 13.5. The Hall–Kier alpha value is -1.14. The Kier molecular flexibility index (Phi) is 7.27. The molecule has 176 valence electrons. The molecule has 4 rings (SSSR count). The largest absolute Gasteiger partial charge is 0.353 e. The molecule has 31 heavy (non-hydrogen) atoms. The lowest BCUT2D eigenvalue weighted by Crippen LogP contribution is -2.62. The lowest BCUT2D eigenvalue weighted by molar-refractivity contribution is -0.149. The molecule has 4 fully saturated rings. The molecule has 7 unspecified atom stereocenters. The van der Waals surface area contributed by atoms with Crippen molar-refractivity contribution in [1.29, 1.82) is 0 Å². The molecule has 0 aromatic rings. The molecule has 2 N–H and O–H groups in total. The minimum Gasteiger partial charge on any atom is -0.353 e. The third-order valence-corrected chi connectivity index (χ3v) is 9.06. The first kappa shape index (κ1) is 23.0. The van der Waals surface area contributed by atoms with Gasteiger partial charge in [-0.05, 0) is 76.8 Å². The zero-order chi connectivity index (χ0) is 22.1. The van der Waals surface area contributed by atoms with Crippen molar-refractivity contribution in [2.45, 2.75) is 89.4 Å². The molecular weight excluding hydrogens is 388 g/mol. The standard InChI is InChI=1S/C25H44N4O2/c1-16-10-11-19(27-24(30)17-8-6-5-7-9-17)13-20(16)21-12-18-15-26-23(28(2)3)14-22(18)29(4)25(21)31/h16-23,26H,5-15H2,1-4H3,(H,27,30). The number of rotatable bonds is 4. The first-order valence-corrected chi connectivity index (χ1v) is 12.8. The third-order valence-electron chi connectivity index (χ3n) is 9.06. The Morgan fingerprint density at radius 2 is 1.81 bits per heavy atom. The number of carbonyl (C=O) groups excluding carboxylic acids is 2. The third kappa shape index (κ3) is 4.95. The molecule has 2 aliphatic carbocycles. The molecule has 0 spiro atoms. The summed E-state index contributed by atoms with van der Waals surface area (Å²) in [5.74, 6) is 2.41. The predicted octanol–water partition coefficient (Wildman–Crippen LogP) is 2.83. The van der Waals surface area contributed by atoms with E-state index in [1.807, 2.05) is 7.05 Å². The van der Waals surface area contributed by atoms with Gasteiger partial charge in [-0.2, -0.15) is 0 Å². The van der Waals surface area contributed by atoms with Crippen LogP contribution in [0.2, 0.25) is 0 Å². The molecule has 2 heterocycles. The van der Waals surface area contributed by atoms with E-state index in [2.05, 4.69) is 41.5 Å². The van der Waals surface area contributed by atoms with E-state index in [-0.39, 0.29) is 23.8 Å². The number of amides is 2. The molecule has 2 amide bonds. The number of carbonyl (C=O) groups is 2. The van der Waals surface area contributed by atoms with Crippen LogP contribution in [0.5, 0.6) is 0 Å². The van der Waals surface area contributed by atoms with Crippen LogP contribution >= 0.6 is 0 Å². The van der Waals surface area contributed by atoms with Gasteiger partial charge < -0.3 is 15.5 Å². The van der Waals surface area contributed by atoms with Gasteiger partial charge >= 0.3 is 0 Å². The Morgan fingerprint density at radius 1 is 1.06 bits per heavy atom. The molecule has 0 radical (unpaired) electrons. The van der Waals surface area contributed by atoms with Crippen LogP contribution in [-0.4, -0.2) is 67.6 Å².